The summed E-state index contributed by atoms with van der Waals surface area (Å²) in [4.78, 5) is 6.73. The van der Waals surface area contributed by atoms with Gasteiger partial charge in [-0.05, 0) is 37.8 Å². The van der Waals surface area contributed by atoms with E-state index < -0.39 is 0 Å². The van der Waals surface area contributed by atoms with Gasteiger partial charge in [0.2, 0.25) is 0 Å². The second-order valence-electron chi connectivity index (χ2n) is 5.60. The number of nitrogens with two attached hydrogens (primary N) is 1. The fraction of sp³-hybridized carbons (Fsp3) is 0.714. The molecule has 100 valence electrons. The lowest BCUT2D eigenvalue weighted by Crippen LogP contribution is -2.56. The maximum absolute atomic E-state index is 6.05. The number of thiophene rings is 1. The molecule has 18 heavy (non-hydrogen) atoms. The normalized spacial score (nSPS) is 31.4. The van der Waals surface area contributed by atoms with Crippen molar-refractivity contribution < 1.29 is 0 Å². The van der Waals surface area contributed by atoms with E-state index in [2.05, 4.69) is 34.2 Å². The maximum atomic E-state index is 6.05. The fourth-order valence-electron chi connectivity index (χ4n) is 3.54. The summed E-state index contributed by atoms with van der Waals surface area (Å²) in [6.45, 7) is 6.80. The highest BCUT2D eigenvalue weighted by molar-refractivity contribution is 7.10. The molecule has 3 unspecified atom stereocenters. The van der Waals surface area contributed by atoms with Crippen LogP contribution in [0.2, 0.25) is 0 Å². The fourth-order valence-corrected chi connectivity index (χ4v) is 4.40. The highest BCUT2D eigenvalue weighted by atomic mass is 32.1. The van der Waals surface area contributed by atoms with Crippen LogP contribution in [0.4, 0.5) is 0 Å². The van der Waals surface area contributed by atoms with Crippen molar-refractivity contribution in [3.63, 3.8) is 0 Å². The lowest BCUT2D eigenvalue weighted by Gasteiger charge is -2.45. The molecule has 2 fully saturated rings. The Balaban J connectivity index is 1.77. The van der Waals surface area contributed by atoms with Crippen molar-refractivity contribution in [1.29, 1.82) is 0 Å². The van der Waals surface area contributed by atoms with E-state index in [4.69, 9.17) is 5.73 Å². The van der Waals surface area contributed by atoms with Crippen molar-refractivity contribution in [3.05, 3.63) is 22.4 Å². The number of rotatable bonds is 3. The van der Waals surface area contributed by atoms with E-state index in [1.165, 1.54) is 37.4 Å². The van der Waals surface area contributed by atoms with E-state index >= 15 is 0 Å². The molecule has 2 saturated heterocycles. The third-order valence-electron chi connectivity index (χ3n) is 4.48. The first-order chi connectivity index (χ1) is 8.79. The number of fused-ring (bicyclic) bond motifs is 1. The van der Waals surface area contributed by atoms with Gasteiger partial charge in [0, 0.05) is 36.6 Å². The van der Waals surface area contributed by atoms with Crippen LogP contribution in [0.1, 0.15) is 30.7 Å². The van der Waals surface area contributed by atoms with Crippen molar-refractivity contribution in [2.45, 2.75) is 37.9 Å². The van der Waals surface area contributed by atoms with Crippen molar-refractivity contribution in [2.75, 3.05) is 26.2 Å². The number of nitrogens with zero attached hydrogens (tertiary/aromatic N) is 2. The molecule has 0 spiro atoms. The smallest absolute Gasteiger partial charge is 0.0567 e. The van der Waals surface area contributed by atoms with E-state index in [0.717, 1.165) is 12.6 Å². The summed E-state index contributed by atoms with van der Waals surface area (Å²) in [6, 6.07) is 6.18. The molecule has 3 nitrogen and oxygen atoms in total. The average molecular weight is 265 g/mol. The largest absolute Gasteiger partial charge is 0.329 e. The first-order valence-corrected chi connectivity index (χ1v) is 7.91. The predicted octanol–water partition coefficient (Wildman–Crippen LogP) is 1.92. The quantitative estimate of drug-likeness (QED) is 0.906. The molecule has 0 amide bonds. The van der Waals surface area contributed by atoms with Gasteiger partial charge in [0.15, 0.2) is 0 Å². The standard InChI is InChI=1S/C14H23N3S/c1-11-9-16-6-2-4-12(16)10-17(11)13(8-15)14-5-3-7-18-14/h3,5,7,11-13H,2,4,6,8-10,15H2,1H3. The second-order valence-corrected chi connectivity index (χ2v) is 6.58. The van der Waals surface area contributed by atoms with Gasteiger partial charge in [0.1, 0.15) is 0 Å². The van der Waals surface area contributed by atoms with Crippen LogP contribution in [-0.2, 0) is 0 Å². The van der Waals surface area contributed by atoms with Crippen LogP contribution < -0.4 is 5.73 Å². The minimum absolute atomic E-state index is 0.419. The highest BCUT2D eigenvalue weighted by Gasteiger charge is 2.37. The van der Waals surface area contributed by atoms with E-state index in [9.17, 15) is 0 Å². The zero-order valence-electron chi connectivity index (χ0n) is 11.1. The average Bonchev–Trinajstić information content (AvgIpc) is 3.01. The zero-order valence-corrected chi connectivity index (χ0v) is 11.9. The van der Waals surface area contributed by atoms with Gasteiger partial charge in [-0.15, -0.1) is 11.3 Å². The van der Waals surface area contributed by atoms with E-state index in [0.29, 0.717) is 12.1 Å². The lowest BCUT2D eigenvalue weighted by molar-refractivity contribution is 0.0306. The molecule has 3 heterocycles. The molecular formula is C14H23N3S. The Kier molecular flexibility index (Phi) is 3.71. The van der Waals surface area contributed by atoms with Crippen LogP contribution in [0.15, 0.2) is 17.5 Å². The zero-order chi connectivity index (χ0) is 12.5. The number of hydrogen-bond donors (Lipinski definition) is 1. The van der Waals surface area contributed by atoms with E-state index in [-0.39, 0.29) is 0 Å². The van der Waals surface area contributed by atoms with Gasteiger partial charge in [-0.3, -0.25) is 9.80 Å². The van der Waals surface area contributed by atoms with Gasteiger partial charge in [-0.2, -0.15) is 0 Å². The molecule has 1 aromatic rings. The molecule has 0 bridgehead atoms. The van der Waals surface area contributed by atoms with Gasteiger partial charge in [0.05, 0.1) is 6.04 Å². The van der Waals surface area contributed by atoms with Crippen molar-refractivity contribution in [1.82, 2.24) is 9.80 Å². The van der Waals surface area contributed by atoms with E-state index in [1.54, 1.807) is 0 Å². The molecule has 0 aliphatic carbocycles. The number of piperazine rings is 1. The minimum Gasteiger partial charge on any atom is -0.329 e. The summed E-state index contributed by atoms with van der Waals surface area (Å²) in [5.41, 5.74) is 6.05. The SMILES string of the molecule is CC1CN2CCCC2CN1C(CN)c1cccs1. The Labute approximate surface area is 114 Å². The Morgan fingerprint density at radius 1 is 1.50 bits per heavy atom. The summed E-state index contributed by atoms with van der Waals surface area (Å²) >= 11 is 1.84. The van der Waals surface area contributed by atoms with Gasteiger partial charge in [0.25, 0.3) is 0 Å². The topological polar surface area (TPSA) is 32.5 Å². The molecule has 2 aliphatic rings. The van der Waals surface area contributed by atoms with Crippen molar-refractivity contribution in [2.24, 2.45) is 5.73 Å². The van der Waals surface area contributed by atoms with Gasteiger partial charge in [-0.1, -0.05) is 6.07 Å². The summed E-state index contributed by atoms with van der Waals surface area (Å²) in [6.07, 6.45) is 2.74. The number of hydrogen-bond acceptors (Lipinski definition) is 4. The second kappa shape index (κ2) is 5.29. The van der Waals surface area contributed by atoms with Crippen molar-refractivity contribution in [3.8, 4) is 0 Å². The summed E-state index contributed by atoms with van der Waals surface area (Å²) in [7, 11) is 0. The molecule has 0 radical (unpaired) electrons. The molecule has 2 N–H and O–H groups in total. The van der Waals surface area contributed by atoms with Gasteiger partial charge in [-0.25, -0.2) is 0 Å². The first kappa shape index (κ1) is 12.6. The summed E-state index contributed by atoms with van der Waals surface area (Å²) in [5.74, 6) is 0. The van der Waals surface area contributed by atoms with Crippen LogP contribution >= 0.6 is 11.3 Å². The molecule has 3 rings (SSSR count). The van der Waals surface area contributed by atoms with Crippen LogP contribution in [0.5, 0.6) is 0 Å². The maximum Gasteiger partial charge on any atom is 0.0567 e. The lowest BCUT2D eigenvalue weighted by atomic mass is 10.0. The van der Waals surface area contributed by atoms with Crippen molar-refractivity contribution >= 4 is 11.3 Å². The molecular weight excluding hydrogens is 242 g/mol. The van der Waals surface area contributed by atoms with Crippen LogP contribution in [0.25, 0.3) is 0 Å². The van der Waals surface area contributed by atoms with E-state index in [1.807, 2.05) is 11.3 Å². The van der Waals surface area contributed by atoms with Crippen LogP contribution in [0, 0.1) is 0 Å². The van der Waals surface area contributed by atoms with Crippen LogP contribution in [0.3, 0.4) is 0 Å². The molecule has 0 saturated carbocycles. The highest BCUT2D eigenvalue weighted by Crippen LogP contribution is 2.32. The molecule has 3 atom stereocenters. The molecule has 1 aromatic heterocycles. The summed E-state index contributed by atoms with van der Waals surface area (Å²) in [5, 5.41) is 2.16. The Bertz CT molecular complexity index is 378. The van der Waals surface area contributed by atoms with Gasteiger partial charge < -0.3 is 5.73 Å². The minimum atomic E-state index is 0.419. The third-order valence-corrected chi connectivity index (χ3v) is 5.45. The Morgan fingerprint density at radius 3 is 3.11 bits per heavy atom. The summed E-state index contributed by atoms with van der Waals surface area (Å²) < 4.78 is 0. The predicted molar refractivity (Wildman–Crippen MR) is 76.9 cm³/mol. The van der Waals surface area contributed by atoms with Crippen LogP contribution in [-0.4, -0.2) is 48.1 Å². The Morgan fingerprint density at radius 2 is 2.39 bits per heavy atom. The Hall–Kier alpha value is -0.420. The third kappa shape index (κ3) is 2.23. The van der Waals surface area contributed by atoms with Gasteiger partial charge >= 0.3 is 0 Å². The first-order valence-electron chi connectivity index (χ1n) is 7.03. The molecule has 2 aliphatic heterocycles. The monoisotopic (exact) mass is 265 g/mol. The molecule has 4 heteroatoms. The molecule has 0 aromatic carbocycles.